The molecule has 0 saturated carbocycles. The van der Waals surface area contributed by atoms with Gasteiger partial charge in [0, 0.05) is 11.0 Å². The molecule has 0 spiro atoms. The monoisotopic (exact) mass is 343 g/mol. The molecule has 7 nitrogen and oxygen atoms in total. The zero-order chi connectivity index (χ0) is 16.9. The summed E-state index contributed by atoms with van der Waals surface area (Å²) < 4.78 is 5.21. The summed E-state index contributed by atoms with van der Waals surface area (Å²) in [5.41, 5.74) is 1.46. The normalized spacial score (nSPS) is 12.1. The van der Waals surface area contributed by atoms with Crippen LogP contribution in [0.1, 0.15) is 40.6 Å². The van der Waals surface area contributed by atoms with E-state index in [-0.39, 0.29) is 11.9 Å². The Morgan fingerprint density at radius 3 is 2.96 bits per heavy atom. The number of carbonyl (C=O) groups is 1. The van der Waals surface area contributed by atoms with Gasteiger partial charge < -0.3 is 9.84 Å². The van der Waals surface area contributed by atoms with E-state index in [1.807, 2.05) is 38.1 Å². The van der Waals surface area contributed by atoms with E-state index >= 15 is 0 Å². The van der Waals surface area contributed by atoms with Gasteiger partial charge in [-0.15, -0.1) is 11.8 Å². The number of carbonyl (C=O) groups excluding carboxylic acids is 1. The Balaban J connectivity index is 1.69. The second-order valence-corrected chi connectivity index (χ2v) is 6.30. The first kappa shape index (κ1) is 16.3. The maximum absolute atomic E-state index is 12.6. The highest BCUT2D eigenvalue weighted by molar-refractivity contribution is 7.98. The lowest BCUT2D eigenvalue weighted by molar-refractivity contribution is 0.0935. The highest BCUT2D eigenvalue weighted by Gasteiger charge is 2.16. The van der Waals surface area contributed by atoms with Crippen LogP contribution in [0.5, 0.6) is 0 Å². The lowest BCUT2D eigenvalue weighted by Gasteiger charge is -2.13. The van der Waals surface area contributed by atoms with E-state index < -0.39 is 0 Å². The van der Waals surface area contributed by atoms with Gasteiger partial charge in [0.25, 0.3) is 5.91 Å². The maximum Gasteiger partial charge on any atom is 0.252 e. The van der Waals surface area contributed by atoms with E-state index in [1.165, 1.54) is 18.1 Å². The molecular weight excluding hydrogens is 326 g/mol. The average molecular weight is 343 g/mol. The lowest BCUT2D eigenvalue weighted by atomic mass is 10.2. The fourth-order valence-corrected chi connectivity index (χ4v) is 3.10. The number of rotatable bonds is 6. The highest BCUT2D eigenvalue weighted by atomic mass is 32.2. The van der Waals surface area contributed by atoms with Crippen LogP contribution >= 0.6 is 11.8 Å². The lowest BCUT2D eigenvalue weighted by Crippen LogP contribution is -2.27. The molecule has 1 aromatic carbocycles. The van der Waals surface area contributed by atoms with Gasteiger partial charge in [0.2, 0.25) is 0 Å². The van der Waals surface area contributed by atoms with Crippen LogP contribution < -0.4 is 5.32 Å². The maximum atomic E-state index is 12.6. The summed E-state index contributed by atoms with van der Waals surface area (Å²) in [5, 5.41) is 13.3. The molecule has 0 bridgehead atoms. The summed E-state index contributed by atoms with van der Waals surface area (Å²) >= 11 is 1.54. The van der Waals surface area contributed by atoms with Crippen molar-refractivity contribution >= 4 is 17.7 Å². The van der Waals surface area contributed by atoms with E-state index in [9.17, 15) is 4.79 Å². The molecule has 0 radical (unpaired) electrons. The molecule has 0 saturated heterocycles. The van der Waals surface area contributed by atoms with Crippen LogP contribution in [0, 0.1) is 6.92 Å². The molecule has 3 aromatic rings. The van der Waals surface area contributed by atoms with Gasteiger partial charge in [0.15, 0.2) is 0 Å². The smallest absolute Gasteiger partial charge is 0.252 e. The highest BCUT2D eigenvalue weighted by Crippen LogP contribution is 2.27. The van der Waals surface area contributed by atoms with Crippen molar-refractivity contribution in [3.63, 3.8) is 0 Å². The Morgan fingerprint density at radius 1 is 1.42 bits per heavy atom. The van der Waals surface area contributed by atoms with Crippen molar-refractivity contribution in [2.24, 2.45) is 0 Å². The molecule has 2 N–H and O–H groups in total. The molecule has 0 aliphatic carbocycles. The van der Waals surface area contributed by atoms with E-state index in [1.54, 1.807) is 6.07 Å². The number of nitrogens with zero attached hydrogens (tertiary/aromatic N) is 3. The summed E-state index contributed by atoms with van der Waals surface area (Å²) in [6.45, 7) is 3.73. The van der Waals surface area contributed by atoms with Crippen LogP contribution in [0.2, 0.25) is 0 Å². The number of hydrogen-bond donors (Lipinski definition) is 2. The molecule has 124 valence electrons. The summed E-state index contributed by atoms with van der Waals surface area (Å²) in [4.78, 5) is 17.5. The first-order valence-corrected chi connectivity index (χ1v) is 8.42. The fourth-order valence-electron chi connectivity index (χ4n) is 2.18. The third-order valence-electron chi connectivity index (χ3n) is 3.37. The molecule has 8 heteroatoms. The van der Waals surface area contributed by atoms with Crippen molar-refractivity contribution < 1.29 is 9.32 Å². The first-order valence-electron chi connectivity index (χ1n) is 7.43. The molecule has 2 heterocycles. The summed E-state index contributed by atoms with van der Waals surface area (Å²) in [6, 6.07) is 9.11. The molecule has 0 fully saturated rings. The molecule has 1 amide bonds. The van der Waals surface area contributed by atoms with Crippen molar-refractivity contribution in [3.05, 3.63) is 59.5 Å². The Labute approximate surface area is 143 Å². The number of nitrogens with one attached hydrogen (secondary N) is 2. The molecule has 1 unspecified atom stereocenters. The van der Waals surface area contributed by atoms with Crippen LogP contribution in [0.15, 0.2) is 46.1 Å². The first-order chi connectivity index (χ1) is 11.6. The van der Waals surface area contributed by atoms with Gasteiger partial charge in [-0.05, 0) is 26.0 Å². The van der Waals surface area contributed by atoms with E-state index in [4.69, 9.17) is 4.52 Å². The zero-order valence-electron chi connectivity index (χ0n) is 13.3. The number of amides is 1. The van der Waals surface area contributed by atoms with Crippen LogP contribution in [0.4, 0.5) is 0 Å². The Kier molecular flexibility index (Phi) is 4.95. The molecular formula is C16H17N5O2S. The van der Waals surface area contributed by atoms with E-state index in [0.717, 1.165) is 16.3 Å². The SMILES string of the molecule is Cc1cc(CSc2ccccc2C(=O)NC(C)c2ncn[nH]2)on1. The number of thioether (sulfide) groups is 1. The predicted molar refractivity (Wildman–Crippen MR) is 89.5 cm³/mol. The quantitative estimate of drug-likeness (QED) is 0.668. The minimum absolute atomic E-state index is 0.157. The summed E-state index contributed by atoms with van der Waals surface area (Å²) in [6.07, 6.45) is 1.42. The Hall–Kier alpha value is -2.61. The zero-order valence-corrected chi connectivity index (χ0v) is 14.1. The standard InChI is InChI=1S/C16H17N5O2S/c1-10-7-12(23-21-10)8-24-14-6-4-3-5-13(14)16(22)19-11(2)15-17-9-18-20-15/h3-7,9,11H,8H2,1-2H3,(H,19,22)(H,17,18,20). The van der Waals surface area contributed by atoms with Crippen molar-refractivity contribution in [1.82, 2.24) is 25.7 Å². The minimum Gasteiger partial charge on any atom is -0.360 e. The van der Waals surface area contributed by atoms with Crippen LogP contribution in [0.25, 0.3) is 0 Å². The second kappa shape index (κ2) is 7.31. The third-order valence-corrected chi connectivity index (χ3v) is 4.47. The average Bonchev–Trinajstić information content (AvgIpc) is 3.24. The van der Waals surface area contributed by atoms with Gasteiger partial charge in [0.05, 0.1) is 23.1 Å². The fraction of sp³-hybridized carbons (Fsp3) is 0.250. The van der Waals surface area contributed by atoms with Crippen molar-refractivity contribution in [2.45, 2.75) is 30.5 Å². The van der Waals surface area contributed by atoms with Crippen molar-refractivity contribution in [2.75, 3.05) is 0 Å². The van der Waals surface area contributed by atoms with Crippen LogP contribution in [-0.2, 0) is 5.75 Å². The molecule has 0 aliphatic heterocycles. The van der Waals surface area contributed by atoms with Gasteiger partial charge in [-0.3, -0.25) is 9.89 Å². The number of aromatic nitrogens is 4. The third kappa shape index (κ3) is 3.83. The minimum atomic E-state index is -0.255. The van der Waals surface area contributed by atoms with E-state index in [2.05, 4.69) is 25.7 Å². The Morgan fingerprint density at radius 2 is 2.25 bits per heavy atom. The number of aromatic amines is 1. The Bertz CT molecular complexity index is 816. The molecule has 3 rings (SSSR count). The molecule has 24 heavy (non-hydrogen) atoms. The molecule has 0 aliphatic rings. The van der Waals surface area contributed by atoms with Gasteiger partial charge >= 0.3 is 0 Å². The topological polar surface area (TPSA) is 96.7 Å². The largest absolute Gasteiger partial charge is 0.360 e. The number of hydrogen-bond acceptors (Lipinski definition) is 6. The van der Waals surface area contributed by atoms with Gasteiger partial charge in [-0.2, -0.15) is 5.10 Å². The number of benzene rings is 1. The predicted octanol–water partition coefficient (Wildman–Crippen LogP) is 2.88. The van der Waals surface area contributed by atoms with E-state index in [0.29, 0.717) is 17.1 Å². The molecule has 1 atom stereocenters. The van der Waals surface area contributed by atoms with Gasteiger partial charge in [0.1, 0.15) is 17.9 Å². The van der Waals surface area contributed by atoms with Crippen molar-refractivity contribution in [3.8, 4) is 0 Å². The van der Waals surface area contributed by atoms with Gasteiger partial charge in [-0.25, -0.2) is 4.98 Å². The van der Waals surface area contributed by atoms with Crippen molar-refractivity contribution in [1.29, 1.82) is 0 Å². The summed E-state index contributed by atoms with van der Waals surface area (Å²) in [7, 11) is 0. The summed E-state index contributed by atoms with van der Waals surface area (Å²) in [5.74, 6) is 1.85. The number of H-pyrrole nitrogens is 1. The van der Waals surface area contributed by atoms with Gasteiger partial charge in [-0.1, -0.05) is 17.3 Å². The second-order valence-electron chi connectivity index (χ2n) is 5.29. The molecule has 2 aromatic heterocycles. The number of aryl methyl sites for hydroxylation is 1. The van der Waals surface area contributed by atoms with Crippen LogP contribution in [0.3, 0.4) is 0 Å². The van der Waals surface area contributed by atoms with Crippen LogP contribution in [-0.4, -0.2) is 26.2 Å².